The van der Waals surface area contributed by atoms with Gasteiger partial charge >= 0.3 is 6.18 Å². The molecule has 3 rings (SSSR count). The van der Waals surface area contributed by atoms with Crippen molar-refractivity contribution in [1.29, 1.82) is 5.26 Å². The number of aromatic nitrogens is 3. The van der Waals surface area contributed by atoms with Crippen LogP contribution < -0.4 is 10.1 Å². The quantitative estimate of drug-likeness (QED) is 0.501. The largest absolute Gasteiger partial charge is 0.493 e. The van der Waals surface area contributed by atoms with Crippen molar-refractivity contribution in [1.82, 2.24) is 19.9 Å². The number of pyridine rings is 1. The Morgan fingerprint density at radius 1 is 1.28 bits per heavy atom. The fourth-order valence-corrected chi connectivity index (χ4v) is 3.30. The monoisotopic (exact) mass is 447 g/mol. The summed E-state index contributed by atoms with van der Waals surface area (Å²) in [4.78, 5) is 8.34. The number of aryl methyl sites for hydroxylation is 1. The van der Waals surface area contributed by atoms with Crippen LogP contribution in [0.2, 0.25) is 0 Å². The number of hydrogen-bond acceptors (Lipinski definition) is 6. The number of methoxy groups -OCH3 is 1. The van der Waals surface area contributed by atoms with Crippen LogP contribution in [0.25, 0.3) is 22.3 Å². The predicted molar refractivity (Wildman–Crippen MR) is 113 cm³/mol. The van der Waals surface area contributed by atoms with Gasteiger partial charge in [0.15, 0.2) is 5.69 Å². The van der Waals surface area contributed by atoms with E-state index in [4.69, 9.17) is 9.47 Å². The maximum atomic E-state index is 13.7. The van der Waals surface area contributed by atoms with Crippen molar-refractivity contribution in [3.63, 3.8) is 0 Å². The minimum absolute atomic E-state index is 0.0576. The van der Waals surface area contributed by atoms with Crippen molar-refractivity contribution in [2.45, 2.75) is 25.6 Å². The number of fused-ring (bicyclic) bond motifs is 1. The van der Waals surface area contributed by atoms with E-state index in [9.17, 15) is 18.4 Å². The Morgan fingerprint density at radius 2 is 2.06 bits per heavy atom. The number of benzene rings is 1. The molecule has 7 nitrogen and oxygen atoms in total. The van der Waals surface area contributed by atoms with E-state index in [2.05, 4.69) is 15.3 Å². The zero-order chi connectivity index (χ0) is 23.3. The van der Waals surface area contributed by atoms with Gasteiger partial charge in [0.05, 0.1) is 36.3 Å². The van der Waals surface area contributed by atoms with Crippen LogP contribution in [-0.4, -0.2) is 47.4 Å². The number of hydrogen-bond donors (Lipinski definition) is 1. The second-order valence-electron chi connectivity index (χ2n) is 7.41. The highest BCUT2D eigenvalue weighted by atomic mass is 19.4. The average molecular weight is 447 g/mol. The molecule has 3 aromatic rings. The fourth-order valence-electron chi connectivity index (χ4n) is 3.30. The minimum Gasteiger partial charge on any atom is -0.493 e. The van der Waals surface area contributed by atoms with Gasteiger partial charge in [-0.05, 0) is 44.2 Å². The number of rotatable bonds is 9. The molecular formula is C22H24F3N5O2. The molecule has 0 unspecified atom stereocenters. The summed E-state index contributed by atoms with van der Waals surface area (Å²) in [6, 6.07) is 7.52. The zero-order valence-electron chi connectivity index (χ0n) is 18.0. The molecular weight excluding hydrogens is 423 g/mol. The Labute approximate surface area is 183 Å². The number of nitriles is 1. The number of halogens is 3. The summed E-state index contributed by atoms with van der Waals surface area (Å²) in [6.07, 6.45) is -2.54. The van der Waals surface area contributed by atoms with Crippen molar-refractivity contribution in [2.75, 3.05) is 26.9 Å². The Bertz CT molecular complexity index is 1120. The van der Waals surface area contributed by atoms with E-state index in [-0.39, 0.29) is 35.3 Å². The van der Waals surface area contributed by atoms with Gasteiger partial charge in [-0.3, -0.25) is 0 Å². The standard InChI is InChI=1S/C22H24F3N5O2/c1-14(12-31-3)27-7-4-8-32-20-6-5-15(9-16(20)22(23,24)25)17-10-19-21(18(11-26)29-17)28-13-30(19)2/h5-6,9-10,13-14,27H,4,7-8,12H2,1-3H3/t14-/m0/s1. The lowest BCUT2D eigenvalue weighted by Gasteiger charge is -2.16. The first-order valence-corrected chi connectivity index (χ1v) is 10.0. The lowest BCUT2D eigenvalue weighted by Crippen LogP contribution is -2.31. The molecule has 0 bridgehead atoms. The number of nitrogens with one attached hydrogen (secondary N) is 1. The lowest BCUT2D eigenvalue weighted by molar-refractivity contribution is -0.138. The van der Waals surface area contributed by atoms with Crippen molar-refractivity contribution < 1.29 is 22.6 Å². The van der Waals surface area contributed by atoms with Crippen LogP contribution in [0.15, 0.2) is 30.6 Å². The molecule has 0 aliphatic rings. The average Bonchev–Trinajstić information content (AvgIpc) is 3.13. The van der Waals surface area contributed by atoms with Gasteiger partial charge in [0.1, 0.15) is 17.3 Å². The summed E-state index contributed by atoms with van der Waals surface area (Å²) in [5.41, 5.74) is 0.674. The molecule has 1 atom stereocenters. The number of nitrogens with zero attached hydrogens (tertiary/aromatic N) is 4. The van der Waals surface area contributed by atoms with E-state index < -0.39 is 11.7 Å². The van der Waals surface area contributed by atoms with Gasteiger partial charge in [0, 0.05) is 25.8 Å². The van der Waals surface area contributed by atoms with Gasteiger partial charge in [0.2, 0.25) is 0 Å². The number of imidazole rings is 1. The first-order chi connectivity index (χ1) is 15.2. The molecule has 32 heavy (non-hydrogen) atoms. The molecule has 2 heterocycles. The summed E-state index contributed by atoms with van der Waals surface area (Å²) in [6.45, 7) is 3.23. The SMILES string of the molecule is COC[C@H](C)NCCCOc1ccc(-c2cc3c(ncn3C)c(C#N)n2)cc1C(F)(F)F. The van der Waals surface area contributed by atoms with Gasteiger partial charge in [-0.2, -0.15) is 18.4 Å². The maximum Gasteiger partial charge on any atom is 0.419 e. The third-order valence-electron chi connectivity index (χ3n) is 4.89. The fraction of sp³-hybridized carbons (Fsp3) is 0.409. The van der Waals surface area contributed by atoms with E-state index in [1.807, 2.05) is 13.0 Å². The molecule has 0 saturated carbocycles. The molecule has 0 aliphatic carbocycles. The van der Waals surface area contributed by atoms with Crippen molar-refractivity contribution in [3.8, 4) is 23.1 Å². The Balaban J connectivity index is 1.82. The first kappa shape index (κ1) is 23.5. The lowest BCUT2D eigenvalue weighted by atomic mass is 10.1. The molecule has 2 aromatic heterocycles. The molecule has 1 N–H and O–H groups in total. The summed E-state index contributed by atoms with van der Waals surface area (Å²) in [7, 11) is 3.35. The third kappa shape index (κ3) is 5.36. The summed E-state index contributed by atoms with van der Waals surface area (Å²) >= 11 is 0. The van der Waals surface area contributed by atoms with Crippen LogP contribution in [0, 0.1) is 11.3 Å². The highest BCUT2D eigenvalue weighted by Crippen LogP contribution is 2.39. The summed E-state index contributed by atoms with van der Waals surface area (Å²) < 4.78 is 53.3. The Morgan fingerprint density at radius 3 is 2.75 bits per heavy atom. The first-order valence-electron chi connectivity index (χ1n) is 10.0. The van der Waals surface area contributed by atoms with Crippen molar-refractivity contribution in [2.24, 2.45) is 7.05 Å². The Kier molecular flexibility index (Phi) is 7.33. The van der Waals surface area contributed by atoms with Crippen molar-refractivity contribution in [3.05, 3.63) is 41.9 Å². The molecule has 0 radical (unpaired) electrons. The van der Waals surface area contributed by atoms with Gasteiger partial charge in [-0.25, -0.2) is 9.97 Å². The highest BCUT2D eigenvalue weighted by molar-refractivity contribution is 5.84. The van der Waals surface area contributed by atoms with Gasteiger partial charge < -0.3 is 19.4 Å². The second kappa shape index (κ2) is 9.97. The number of ether oxygens (including phenoxy) is 2. The van der Waals surface area contributed by atoms with Crippen LogP contribution in [0.4, 0.5) is 13.2 Å². The molecule has 0 aliphatic heterocycles. The maximum absolute atomic E-state index is 13.7. The van der Waals surface area contributed by atoms with Gasteiger partial charge in [-0.1, -0.05) is 0 Å². The summed E-state index contributed by atoms with van der Waals surface area (Å²) in [5, 5.41) is 12.6. The van der Waals surface area contributed by atoms with E-state index in [1.54, 1.807) is 24.8 Å². The second-order valence-corrected chi connectivity index (χ2v) is 7.41. The van der Waals surface area contributed by atoms with Crippen molar-refractivity contribution >= 4 is 11.0 Å². The molecule has 0 fully saturated rings. The van der Waals surface area contributed by atoms with E-state index in [1.165, 1.54) is 18.5 Å². The Hall–Kier alpha value is -3.16. The summed E-state index contributed by atoms with van der Waals surface area (Å²) in [5.74, 6) is -0.242. The third-order valence-corrected chi connectivity index (χ3v) is 4.89. The number of alkyl halides is 3. The van der Waals surface area contributed by atoms with Crippen LogP contribution in [0.5, 0.6) is 5.75 Å². The molecule has 170 valence electrons. The molecule has 10 heteroatoms. The molecule has 1 aromatic carbocycles. The van der Waals surface area contributed by atoms with Gasteiger partial charge in [-0.15, -0.1) is 0 Å². The minimum atomic E-state index is -4.61. The van der Waals surface area contributed by atoms with Crippen LogP contribution in [0.3, 0.4) is 0 Å². The van der Waals surface area contributed by atoms with Crippen LogP contribution in [-0.2, 0) is 18.0 Å². The van der Waals surface area contributed by atoms with Gasteiger partial charge in [0.25, 0.3) is 0 Å². The normalized spacial score (nSPS) is 12.7. The van der Waals surface area contributed by atoms with E-state index in [0.29, 0.717) is 30.6 Å². The topological polar surface area (TPSA) is 85.0 Å². The zero-order valence-corrected chi connectivity index (χ0v) is 18.0. The predicted octanol–water partition coefficient (Wildman–Crippen LogP) is 3.92. The highest BCUT2D eigenvalue weighted by Gasteiger charge is 2.35. The van der Waals surface area contributed by atoms with Crippen LogP contribution >= 0.6 is 0 Å². The molecule has 0 amide bonds. The van der Waals surface area contributed by atoms with E-state index >= 15 is 0 Å². The molecule has 0 spiro atoms. The van der Waals surface area contributed by atoms with E-state index in [0.717, 1.165) is 6.07 Å². The smallest absolute Gasteiger partial charge is 0.419 e. The molecule has 0 saturated heterocycles. The van der Waals surface area contributed by atoms with Crippen LogP contribution in [0.1, 0.15) is 24.6 Å².